The van der Waals surface area contributed by atoms with Crippen LogP contribution in [0.4, 0.5) is 0 Å². The lowest BCUT2D eigenvalue weighted by Crippen LogP contribution is -2.32. The predicted octanol–water partition coefficient (Wildman–Crippen LogP) is 2.98. The number of benzene rings is 1. The third-order valence-electron chi connectivity index (χ3n) is 2.64. The number of amides is 1. The molecule has 5 heteroatoms. The van der Waals surface area contributed by atoms with E-state index in [1.54, 1.807) is 12.1 Å². The minimum absolute atomic E-state index is 0.0239. The highest BCUT2D eigenvalue weighted by Gasteiger charge is 2.11. The molecule has 0 aliphatic rings. The van der Waals surface area contributed by atoms with Crippen molar-refractivity contribution in [2.24, 2.45) is 0 Å². The summed E-state index contributed by atoms with van der Waals surface area (Å²) in [6, 6.07) is 6.68. The van der Waals surface area contributed by atoms with Crippen molar-refractivity contribution in [3.63, 3.8) is 0 Å². The molecule has 0 aromatic heterocycles. The van der Waals surface area contributed by atoms with Crippen molar-refractivity contribution in [1.82, 2.24) is 5.32 Å². The van der Waals surface area contributed by atoms with Gasteiger partial charge in [0.25, 0.3) is 5.91 Å². The van der Waals surface area contributed by atoms with Crippen LogP contribution in [0.25, 0.3) is 6.08 Å². The van der Waals surface area contributed by atoms with Crippen LogP contribution in [0, 0.1) is 11.3 Å². The van der Waals surface area contributed by atoms with Gasteiger partial charge in [0.15, 0.2) is 0 Å². The van der Waals surface area contributed by atoms with Crippen molar-refractivity contribution < 1.29 is 9.90 Å². The molecule has 0 heterocycles. The molecule has 0 unspecified atom stereocenters. The lowest BCUT2D eigenvalue weighted by atomic mass is 10.1. The number of hydrogen-bond acceptors (Lipinski definition) is 3. The summed E-state index contributed by atoms with van der Waals surface area (Å²) in [4.78, 5) is 11.8. The van der Waals surface area contributed by atoms with Crippen LogP contribution in [0.3, 0.4) is 0 Å². The molecule has 1 amide bonds. The Morgan fingerprint density at radius 3 is 2.84 bits per heavy atom. The molecule has 19 heavy (non-hydrogen) atoms. The van der Waals surface area contributed by atoms with Gasteiger partial charge in [0, 0.05) is 6.04 Å². The van der Waals surface area contributed by atoms with E-state index in [1.807, 2.05) is 19.9 Å². The van der Waals surface area contributed by atoms with Gasteiger partial charge in [0.1, 0.15) is 17.4 Å². The van der Waals surface area contributed by atoms with E-state index < -0.39 is 0 Å². The van der Waals surface area contributed by atoms with Gasteiger partial charge in [-0.2, -0.15) is 5.26 Å². The average Bonchev–Trinajstić information content (AvgIpc) is 2.39. The Labute approximate surface area is 120 Å². The van der Waals surface area contributed by atoms with Gasteiger partial charge >= 0.3 is 0 Å². The number of aromatic hydroxyl groups is 1. The zero-order valence-corrected chi connectivity index (χ0v) is 12.4. The molecular formula is C14H15BrN2O2. The third-order valence-corrected chi connectivity index (χ3v) is 3.27. The summed E-state index contributed by atoms with van der Waals surface area (Å²) in [5.41, 5.74) is 0.707. The Hall–Kier alpha value is -1.80. The predicted molar refractivity (Wildman–Crippen MR) is 77.3 cm³/mol. The van der Waals surface area contributed by atoms with Crippen LogP contribution in [0.1, 0.15) is 25.8 Å². The first kappa shape index (κ1) is 15.3. The number of halogens is 1. The first-order valence-corrected chi connectivity index (χ1v) is 6.68. The van der Waals surface area contributed by atoms with Gasteiger partial charge in [0.2, 0.25) is 0 Å². The number of phenolic OH excluding ortho intramolecular Hbond substituents is 1. The van der Waals surface area contributed by atoms with E-state index in [4.69, 9.17) is 5.26 Å². The lowest BCUT2D eigenvalue weighted by molar-refractivity contribution is -0.117. The number of nitrogens with one attached hydrogen (secondary N) is 1. The summed E-state index contributed by atoms with van der Waals surface area (Å²) in [5, 5.41) is 21.1. The number of nitrogens with zero attached hydrogens (tertiary/aromatic N) is 1. The van der Waals surface area contributed by atoms with Crippen molar-refractivity contribution in [2.45, 2.75) is 26.3 Å². The quantitative estimate of drug-likeness (QED) is 0.661. The van der Waals surface area contributed by atoms with E-state index in [0.717, 1.165) is 6.42 Å². The van der Waals surface area contributed by atoms with Gasteiger partial charge in [-0.15, -0.1) is 0 Å². The van der Waals surface area contributed by atoms with E-state index in [0.29, 0.717) is 10.0 Å². The molecule has 0 fully saturated rings. The van der Waals surface area contributed by atoms with Crippen LogP contribution in [0.2, 0.25) is 0 Å². The van der Waals surface area contributed by atoms with E-state index >= 15 is 0 Å². The van der Waals surface area contributed by atoms with Crippen LogP contribution < -0.4 is 5.32 Å². The smallest absolute Gasteiger partial charge is 0.262 e. The number of rotatable bonds is 4. The summed E-state index contributed by atoms with van der Waals surface area (Å²) >= 11 is 3.18. The summed E-state index contributed by atoms with van der Waals surface area (Å²) in [7, 11) is 0. The second-order valence-corrected chi connectivity index (χ2v) is 5.02. The summed E-state index contributed by atoms with van der Waals surface area (Å²) in [5.74, 6) is -0.277. The summed E-state index contributed by atoms with van der Waals surface area (Å²) < 4.78 is 0.515. The zero-order chi connectivity index (χ0) is 14.4. The van der Waals surface area contributed by atoms with Gasteiger partial charge in [-0.25, -0.2) is 0 Å². The normalized spacial score (nSPS) is 12.6. The zero-order valence-electron chi connectivity index (χ0n) is 10.8. The van der Waals surface area contributed by atoms with E-state index in [9.17, 15) is 9.90 Å². The van der Waals surface area contributed by atoms with Crippen LogP contribution in [0.5, 0.6) is 5.75 Å². The average molecular weight is 323 g/mol. The van der Waals surface area contributed by atoms with Crippen molar-refractivity contribution in [2.75, 3.05) is 0 Å². The molecule has 1 aromatic rings. The van der Waals surface area contributed by atoms with Crippen LogP contribution >= 0.6 is 15.9 Å². The highest BCUT2D eigenvalue weighted by atomic mass is 79.9. The van der Waals surface area contributed by atoms with Gasteiger partial charge in [-0.05, 0) is 53.0 Å². The van der Waals surface area contributed by atoms with E-state index in [2.05, 4.69) is 21.2 Å². The fourth-order valence-corrected chi connectivity index (χ4v) is 1.73. The maximum Gasteiger partial charge on any atom is 0.262 e. The number of nitriles is 1. The molecule has 0 saturated carbocycles. The third kappa shape index (κ3) is 4.42. The minimum atomic E-state index is -0.388. The SMILES string of the molecule is CC[C@H](C)NC(=O)/C(C#N)=C/c1ccc(O)c(Br)c1. The molecular weight excluding hydrogens is 308 g/mol. The molecule has 0 spiro atoms. The summed E-state index contributed by atoms with van der Waals surface area (Å²) in [6.07, 6.45) is 2.29. The van der Waals surface area contributed by atoms with Crippen molar-refractivity contribution in [1.29, 1.82) is 5.26 Å². The number of carbonyl (C=O) groups is 1. The highest BCUT2D eigenvalue weighted by molar-refractivity contribution is 9.10. The lowest BCUT2D eigenvalue weighted by Gasteiger charge is -2.10. The Kier molecular flexibility index (Phi) is 5.58. The molecule has 0 aliphatic carbocycles. The van der Waals surface area contributed by atoms with Crippen molar-refractivity contribution in [3.8, 4) is 11.8 Å². The van der Waals surface area contributed by atoms with Crippen LogP contribution in [-0.2, 0) is 4.79 Å². The molecule has 0 saturated heterocycles. The number of carbonyl (C=O) groups excluding carboxylic acids is 1. The molecule has 0 aliphatic heterocycles. The van der Waals surface area contributed by atoms with Gasteiger partial charge < -0.3 is 10.4 Å². The molecule has 1 atom stereocenters. The van der Waals surface area contributed by atoms with Crippen LogP contribution in [-0.4, -0.2) is 17.1 Å². The number of hydrogen-bond donors (Lipinski definition) is 2. The Morgan fingerprint density at radius 2 is 2.32 bits per heavy atom. The topological polar surface area (TPSA) is 73.1 Å². The number of phenols is 1. The molecule has 100 valence electrons. The first-order chi connectivity index (χ1) is 8.97. The van der Waals surface area contributed by atoms with Crippen LogP contribution in [0.15, 0.2) is 28.2 Å². The van der Waals surface area contributed by atoms with E-state index in [1.165, 1.54) is 12.1 Å². The first-order valence-electron chi connectivity index (χ1n) is 5.89. The summed E-state index contributed by atoms with van der Waals surface area (Å²) in [6.45, 7) is 3.84. The maximum absolute atomic E-state index is 11.8. The fourth-order valence-electron chi connectivity index (χ4n) is 1.33. The Balaban J connectivity index is 2.96. The van der Waals surface area contributed by atoms with Crippen molar-refractivity contribution in [3.05, 3.63) is 33.8 Å². The standard InChI is InChI=1S/C14H15BrN2O2/c1-3-9(2)17-14(19)11(8-16)6-10-4-5-13(18)12(15)7-10/h4-7,9,18H,3H2,1-2H3,(H,17,19)/b11-6+/t9-/m0/s1. The molecule has 4 nitrogen and oxygen atoms in total. The second kappa shape index (κ2) is 6.95. The highest BCUT2D eigenvalue weighted by Crippen LogP contribution is 2.25. The fraction of sp³-hybridized carbons (Fsp3) is 0.286. The second-order valence-electron chi connectivity index (χ2n) is 4.16. The molecule has 0 bridgehead atoms. The van der Waals surface area contributed by atoms with Gasteiger partial charge in [-0.3, -0.25) is 4.79 Å². The molecule has 1 aromatic carbocycles. The maximum atomic E-state index is 11.8. The minimum Gasteiger partial charge on any atom is -0.507 e. The monoisotopic (exact) mass is 322 g/mol. The largest absolute Gasteiger partial charge is 0.507 e. The van der Waals surface area contributed by atoms with Gasteiger partial charge in [-0.1, -0.05) is 13.0 Å². The van der Waals surface area contributed by atoms with Gasteiger partial charge in [0.05, 0.1) is 4.47 Å². The molecule has 0 radical (unpaired) electrons. The Bertz CT molecular complexity index is 547. The van der Waals surface area contributed by atoms with Crippen molar-refractivity contribution >= 4 is 27.9 Å². The molecule has 1 rings (SSSR count). The Morgan fingerprint density at radius 1 is 1.63 bits per heavy atom. The van der Waals surface area contributed by atoms with E-state index in [-0.39, 0.29) is 23.3 Å². The molecule has 2 N–H and O–H groups in total.